The molecule has 0 spiro atoms. The normalized spacial score (nSPS) is 13.7. The van der Waals surface area contributed by atoms with Crippen LogP contribution < -0.4 is 5.01 Å². The highest BCUT2D eigenvalue weighted by Gasteiger charge is 2.35. The highest BCUT2D eigenvalue weighted by molar-refractivity contribution is 5.92. The Hall–Kier alpha value is -2.31. The SMILES string of the molecule is CCOC(=O)N1CCc2cnc(C)cc2N1C(=O)OCC. The molecule has 0 saturated carbocycles. The molecule has 0 fully saturated rings. The Morgan fingerprint density at radius 3 is 2.57 bits per heavy atom. The molecule has 114 valence electrons. The van der Waals surface area contributed by atoms with Gasteiger partial charge in [-0.2, -0.15) is 5.01 Å². The van der Waals surface area contributed by atoms with E-state index in [9.17, 15) is 9.59 Å². The number of hydrogen-bond acceptors (Lipinski definition) is 5. The summed E-state index contributed by atoms with van der Waals surface area (Å²) >= 11 is 0. The first-order valence-electron chi connectivity index (χ1n) is 6.95. The second-order valence-electron chi connectivity index (χ2n) is 4.54. The predicted octanol–water partition coefficient (Wildman–Crippen LogP) is 2.28. The number of aromatic nitrogens is 1. The fraction of sp³-hybridized carbons (Fsp3) is 0.500. The molecule has 0 atom stereocenters. The van der Waals surface area contributed by atoms with Crippen LogP contribution >= 0.6 is 0 Å². The van der Waals surface area contributed by atoms with Gasteiger partial charge in [0.15, 0.2) is 0 Å². The standard InChI is InChI=1S/C14H19N3O4/c1-4-20-13(18)16-7-6-11-9-15-10(3)8-12(11)17(16)14(19)21-5-2/h8-9H,4-7H2,1-3H3. The summed E-state index contributed by atoms with van der Waals surface area (Å²) in [5.74, 6) is 0. The topological polar surface area (TPSA) is 72.0 Å². The minimum absolute atomic E-state index is 0.228. The summed E-state index contributed by atoms with van der Waals surface area (Å²) in [7, 11) is 0. The van der Waals surface area contributed by atoms with E-state index in [1.54, 1.807) is 26.1 Å². The van der Waals surface area contributed by atoms with Gasteiger partial charge in [0.1, 0.15) is 0 Å². The molecule has 2 rings (SSSR count). The van der Waals surface area contributed by atoms with Crippen LogP contribution in [-0.4, -0.2) is 41.9 Å². The van der Waals surface area contributed by atoms with Crippen molar-refractivity contribution in [3.05, 3.63) is 23.5 Å². The van der Waals surface area contributed by atoms with Crippen LogP contribution in [0, 0.1) is 6.92 Å². The van der Waals surface area contributed by atoms with Crippen LogP contribution in [0.3, 0.4) is 0 Å². The van der Waals surface area contributed by atoms with Gasteiger partial charge in [0.2, 0.25) is 0 Å². The monoisotopic (exact) mass is 293 g/mol. The number of anilines is 1. The smallest absolute Gasteiger partial charge is 0.433 e. The molecule has 1 aliphatic rings. The molecule has 0 aromatic carbocycles. The van der Waals surface area contributed by atoms with Crippen molar-refractivity contribution in [2.45, 2.75) is 27.2 Å². The lowest BCUT2D eigenvalue weighted by molar-refractivity contribution is 0.0902. The Kier molecular flexibility index (Phi) is 4.62. The van der Waals surface area contributed by atoms with Crippen molar-refractivity contribution in [2.24, 2.45) is 0 Å². The quantitative estimate of drug-likeness (QED) is 0.836. The van der Waals surface area contributed by atoms with E-state index in [0.29, 0.717) is 18.7 Å². The number of rotatable bonds is 2. The van der Waals surface area contributed by atoms with Gasteiger partial charge < -0.3 is 9.47 Å². The molecule has 0 aliphatic carbocycles. The molecule has 2 amide bonds. The minimum Gasteiger partial charge on any atom is -0.448 e. The predicted molar refractivity (Wildman–Crippen MR) is 75.9 cm³/mol. The van der Waals surface area contributed by atoms with Gasteiger partial charge in [-0.25, -0.2) is 14.6 Å². The average Bonchev–Trinajstić information content (AvgIpc) is 2.46. The second-order valence-corrected chi connectivity index (χ2v) is 4.54. The van der Waals surface area contributed by atoms with Gasteiger partial charge in [-0.15, -0.1) is 0 Å². The van der Waals surface area contributed by atoms with E-state index in [1.807, 2.05) is 6.92 Å². The van der Waals surface area contributed by atoms with Gasteiger partial charge in [-0.05, 0) is 38.8 Å². The number of nitrogens with zero attached hydrogens (tertiary/aromatic N) is 3. The Labute approximate surface area is 123 Å². The summed E-state index contributed by atoms with van der Waals surface area (Å²) in [6.45, 7) is 6.08. The van der Waals surface area contributed by atoms with Crippen LogP contribution in [-0.2, 0) is 15.9 Å². The minimum atomic E-state index is -0.600. The van der Waals surface area contributed by atoms with Gasteiger partial charge in [0, 0.05) is 11.9 Å². The maximum atomic E-state index is 12.2. The number of carbonyl (C=O) groups excluding carboxylic acids is 2. The molecule has 1 aliphatic heterocycles. The number of hydrogen-bond donors (Lipinski definition) is 0. The highest BCUT2D eigenvalue weighted by Crippen LogP contribution is 2.29. The van der Waals surface area contributed by atoms with E-state index >= 15 is 0 Å². The Balaban J connectivity index is 2.40. The Morgan fingerprint density at radius 2 is 1.90 bits per heavy atom. The molecule has 0 bridgehead atoms. The molecule has 7 heteroatoms. The maximum absolute atomic E-state index is 12.2. The molecule has 21 heavy (non-hydrogen) atoms. The molecular formula is C14H19N3O4. The Morgan fingerprint density at radius 1 is 1.24 bits per heavy atom. The lowest BCUT2D eigenvalue weighted by atomic mass is 10.1. The lowest BCUT2D eigenvalue weighted by Crippen LogP contribution is -2.54. The number of fused-ring (bicyclic) bond motifs is 1. The Bertz CT molecular complexity index is 547. The molecular weight excluding hydrogens is 274 g/mol. The molecule has 0 saturated heterocycles. The molecule has 1 aromatic rings. The average molecular weight is 293 g/mol. The van der Waals surface area contributed by atoms with Crippen molar-refractivity contribution in [1.82, 2.24) is 9.99 Å². The van der Waals surface area contributed by atoms with Crippen molar-refractivity contribution in [3.63, 3.8) is 0 Å². The molecule has 2 heterocycles. The van der Waals surface area contributed by atoms with E-state index in [0.717, 1.165) is 11.3 Å². The van der Waals surface area contributed by atoms with Gasteiger partial charge in [0.05, 0.1) is 25.4 Å². The number of carbonyl (C=O) groups is 2. The van der Waals surface area contributed by atoms with Crippen molar-refractivity contribution in [1.29, 1.82) is 0 Å². The fourth-order valence-corrected chi connectivity index (χ4v) is 2.17. The maximum Gasteiger partial charge on any atom is 0.433 e. The zero-order valence-electron chi connectivity index (χ0n) is 12.5. The van der Waals surface area contributed by atoms with E-state index in [1.165, 1.54) is 10.0 Å². The number of hydrazine groups is 1. The van der Waals surface area contributed by atoms with Crippen molar-refractivity contribution in [2.75, 3.05) is 24.8 Å². The third-order valence-electron chi connectivity index (χ3n) is 3.08. The first-order chi connectivity index (χ1) is 10.1. The number of ether oxygens (including phenoxy) is 2. The molecule has 1 aromatic heterocycles. The summed E-state index contributed by atoms with van der Waals surface area (Å²) in [6, 6.07) is 1.76. The zero-order valence-corrected chi connectivity index (χ0v) is 12.5. The molecule has 7 nitrogen and oxygen atoms in total. The van der Waals surface area contributed by atoms with Crippen LogP contribution in [0.25, 0.3) is 0 Å². The van der Waals surface area contributed by atoms with E-state index in [-0.39, 0.29) is 13.2 Å². The highest BCUT2D eigenvalue weighted by atomic mass is 16.6. The first-order valence-corrected chi connectivity index (χ1v) is 6.95. The summed E-state index contributed by atoms with van der Waals surface area (Å²) in [5, 5.41) is 2.50. The molecule has 0 radical (unpaired) electrons. The first kappa shape index (κ1) is 15.1. The summed E-state index contributed by atoms with van der Waals surface area (Å²) in [4.78, 5) is 28.5. The number of pyridine rings is 1. The summed E-state index contributed by atoms with van der Waals surface area (Å²) < 4.78 is 10.1. The van der Waals surface area contributed by atoms with E-state index < -0.39 is 12.2 Å². The zero-order chi connectivity index (χ0) is 15.4. The van der Waals surface area contributed by atoms with Crippen molar-refractivity contribution in [3.8, 4) is 0 Å². The van der Waals surface area contributed by atoms with Crippen LogP contribution in [0.1, 0.15) is 25.1 Å². The number of aryl methyl sites for hydroxylation is 1. The van der Waals surface area contributed by atoms with Crippen molar-refractivity contribution >= 4 is 17.9 Å². The fourth-order valence-electron chi connectivity index (χ4n) is 2.17. The third-order valence-corrected chi connectivity index (χ3v) is 3.08. The van der Waals surface area contributed by atoms with Crippen LogP contribution in [0.4, 0.5) is 15.3 Å². The summed E-state index contributed by atoms with van der Waals surface area (Å²) in [5.41, 5.74) is 2.27. The van der Waals surface area contributed by atoms with E-state index in [4.69, 9.17) is 9.47 Å². The largest absolute Gasteiger partial charge is 0.448 e. The van der Waals surface area contributed by atoms with E-state index in [2.05, 4.69) is 4.98 Å². The van der Waals surface area contributed by atoms with Gasteiger partial charge >= 0.3 is 12.2 Å². The lowest BCUT2D eigenvalue weighted by Gasteiger charge is -2.37. The molecule has 0 unspecified atom stereocenters. The third kappa shape index (κ3) is 3.07. The van der Waals surface area contributed by atoms with Gasteiger partial charge in [0.25, 0.3) is 0 Å². The second kappa shape index (κ2) is 6.43. The van der Waals surface area contributed by atoms with Crippen LogP contribution in [0.5, 0.6) is 0 Å². The number of amides is 2. The molecule has 0 N–H and O–H groups in total. The summed E-state index contributed by atoms with van der Waals surface area (Å²) in [6.07, 6.45) is 1.17. The van der Waals surface area contributed by atoms with Gasteiger partial charge in [-0.1, -0.05) is 0 Å². The van der Waals surface area contributed by atoms with Crippen LogP contribution in [0.2, 0.25) is 0 Å². The van der Waals surface area contributed by atoms with Gasteiger partial charge in [-0.3, -0.25) is 4.98 Å². The van der Waals surface area contributed by atoms with Crippen LogP contribution in [0.15, 0.2) is 12.3 Å². The van der Waals surface area contributed by atoms with Crippen molar-refractivity contribution < 1.29 is 19.1 Å².